The topological polar surface area (TPSA) is 38.0 Å². The average molecular weight is 305 g/mol. The van der Waals surface area contributed by atoms with E-state index in [1.807, 2.05) is 18.2 Å². The molecule has 2 rings (SSSR count). The van der Waals surface area contributed by atoms with E-state index in [0.717, 1.165) is 15.8 Å². The molecule has 0 bridgehead atoms. The number of nitrogens with one attached hydrogen (secondary N) is 1. The maximum absolute atomic E-state index is 5.98. The van der Waals surface area contributed by atoms with Crippen molar-refractivity contribution in [1.29, 1.82) is 0 Å². The number of benzene rings is 2. The first-order valence-electron chi connectivity index (χ1n) is 5.94. The van der Waals surface area contributed by atoms with Crippen LogP contribution in [0.1, 0.15) is 24.1 Å². The van der Waals surface area contributed by atoms with E-state index >= 15 is 0 Å². The minimum atomic E-state index is 0.231. The lowest BCUT2D eigenvalue weighted by Gasteiger charge is -2.17. The van der Waals surface area contributed by atoms with Crippen LogP contribution in [-0.2, 0) is 0 Å². The van der Waals surface area contributed by atoms with Gasteiger partial charge in [-0.15, -0.1) is 0 Å². The second kappa shape index (κ2) is 5.44. The summed E-state index contributed by atoms with van der Waals surface area (Å²) in [6, 6.07) is 14.6. The highest BCUT2D eigenvalue weighted by atomic mass is 79.9. The Morgan fingerprint density at radius 1 is 1.11 bits per heavy atom. The van der Waals surface area contributed by atoms with E-state index in [1.165, 1.54) is 11.1 Å². The molecular formula is C15H17BrN2. The van der Waals surface area contributed by atoms with E-state index in [2.05, 4.69) is 59.4 Å². The molecule has 3 heteroatoms. The second-order valence-electron chi connectivity index (χ2n) is 4.51. The van der Waals surface area contributed by atoms with Crippen LogP contribution in [0.4, 0.5) is 11.4 Å². The minimum absolute atomic E-state index is 0.231. The van der Waals surface area contributed by atoms with Crippen molar-refractivity contribution in [3.05, 3.63) is 58.1 Å². The Morgan fingerprint density at radius 2 is 1.78 bits per heavy atom. The van der Waals surface area contributed by atoms with Gasteiger partial charge in [-0.2, -0.15) is 0 Å². The van der Waals surface area contributed by atoms with Gasteiger partial charge in [0.25, 0.3) is 0 Å². The summed E-state index contributed by atoms with van der Waals surface area (Å²) in [5.74, 6) is 0. The molecule has 0 aliphatic heterocycles. The predicted molar refractivity (Wildman–Crippen MR) is 81.8 cm³/mol. The third-order valence-electron chi connectivity index (χ3n) is 2.96. The Hall–Kier alpha value is -1.48. The summed E-state index contributed by atoms with van der Waals surface area (Å²) >= 11 is 3.41. The van der Waals surface area contributed by atoms with Crippen molar-refractivity contribution in [2.24, 2.45) is 0 Å². The zero-order valence-corrected chi connectivity index (χ0v) is 12.2. The highest BCUT2D eigenvalue weighted by molar-refractivity contribution is 9.10. The van der Waals surface area contributed by atoms with Gasteiger partial charge in [-0.25, -0.2) is 0 Å². The molecule has 0 aromatic heterocycles. The summed E-state index contributed by atoms with van der Waals surface area (Å²) < 4.78 is 0.994. The van der Waals surface area contributed by atoms with Crippen molar-refractivity contribution in [2.75, 3.05) is 11.1 Å². The maximum atomic E-state index is 5.98. The molecule has 0 fully saturated rings. The number of hydrogen-bond donors (Lipinski definition) is 2. The lowest BCUT2D eigenvalue weighted by molar-refractivity contribution is 0.884. The van der Waals surface area contributed by atoms with Crippen molar-refractivity contribution in [3.63, 3.8) is 0 Å². The van der Waals surface area contributed by atoms with Crippen LogP contribution in [0.3, 0.4) is 0 Å². The largest absolute Gasteiger partial charge is 0.397 e. The highest BCUT2D eigenvalue weighted by Gasteiger charge is 2.07. The molecule has 0 aliphatic carbocycles. The molecule has 0 saturated carbocycles. The zero-order valence-electron chi connectivity index (χ0n) is 10.6. The minimum Gasteiger partial charge on any atom is -0.397 e. The summed E-state index contributed by atoms with van der Waals surface area (Å²) in [5.41, 5.74) is 10.2. The number of hydrogen-bond acceptors (Lipinski definition) is 2. The van der Waals surface area contributed by atoms with E-state index < -0.39 is 0 Å². The van der Waals surface area contributed by atoms with Crippen molar-refractivity contribution in [2.45, 2.75) is 19.9 Å². The molecule has 2 aromatic carbocycles. The molecule has 0 spiro atoms. The predicted octanol–water partition coefficient (Wildman–Crippen LogP) is 4.51. The average Bonchev–Trinajstić information content (AvgIpc) is 2.33. The monoisotopic (exact) mass is 304 g/mol. The van der Waals surface area contributed by atoms with Gasteiger partial charge in [0, 0.05) is 10.5 Å². The fourth-order valence-electron chi connectivity index (χ4n) is 1.84. The number of aryl methyl sites for hydroxylation is 1. The fraction of sp³-hybridized carbons (Fsp3) is 0.200. The number of nitrogens with two attached hydrogens (primary N) is 1. The number of rotatable bonds is 3. The van der Waals surface area contributed by atoms with Crippen LogP contribution in [0.15, 0.2) is 46.9 Å². The molecule has 3 N–H and O–H groups in total. The van der Waals surface area contributed by atoms with Gasteiger partial charge in [-0.05, 0) is 37.6 Å². The van der Waals surface area contributed by atoms with E-state index in [1.54, 1.807) is 0 Å². The first-order chi connectivity index (χ1) is 8.56. The van der Waals surface area contributed by atoms with Crippen molar-refractivity contribution in [1.82, 2.24) is 0 Å². The van der Waals surface area contributed by atoms with E-state index in [0.29, 0.717) is 0 Å². The van der Waals surface area contributed by atoms with Gasteiger partial charge in [0.2, 0.25) is 0 Å². The van der Waals surface area contributed by atoms with Crippen LogP contribution >= 0.6 is 15.9 Å². The molecule has 94 valence electrons. The number of nitrogen functional groups attached to an aromatic ring is 1. The Kier molecular flexibility index (Phi) is 3.92. The molecule has 0 amide bonds. The molecule has 2 aromatic rings. The van der Waals surface area contributed by atoms with Gasteiger partial charge >= 0.3 is 0 Å². The van der Waals surface area contributed by atoms with E-state index in [4.69, 9.17) is 5.73 Å². The van der Waals surface area contributed by atoms with Crippen molar-refractivity contribution >= 4 is 27.3 Å². The molecule has 0 saturated heterocycles. The molecule has 0 aliphatic rings. The fourth-order valence-corrected chi connectivity index (χ4v) is 2.22. The number of anilines is 2. The normalized spacial score (nSPS) is 12.2. The van der Waals surface area contributed by atoms with E-state index in [-0.39, 0.29) is 6.04 Å². The molecule has 2 nitrogen and oxygen atoms in total. The standard InChI is InChI=1S/C15H17BrN2/c1-10-3-5-12(6-4-10)11(2)18-15-8-7-13(16)9-14(15)17/h3-9,11,18H,17H2,1-2H3. The summed E-state index contributed by atoms with van der Waals surface area (Å²) in [6.07, 6.45) is 0. The number of halogens is 1. The first-order valence-corrected chi connectivity index (χ1v) is 6.73. The third-order valence-corrected chi connectivity index (χ3v) is 3.46. The SMILES string of the molecule is Cc1ccc(C(C)Nc2ccc(Br)cc2N)cc1. The quantitative estimate of drug-likeness (QED) is 0.819. The van der Waals surface area contributed by atoms with Crippen LogP contribution in [0.2, 0.25) is 0 Å². The molecule has 0 heterocycles. The summed E-state index contributed by atoms with van der Waals surface area (Å²) in [5, 5.41) is 3.43. The third kappa shape index (κ3) is 3.05. The summed E-state index contributed by atoms with van der Waals surface area (Å²) in [6.45, 7) is 4.22. The molecule has 1 unspecified atom stereocenters. The second-order valence-corrected chi connectivity index (χ2v) is 5.42. The van der Waals surface area contributed by atoms with Crippen LogP contribution in [0.5, 0.6) is 0 Å². The smallest absolute Gasteiger partial charge is 0.0579 e. The molecule has 1 atom stereocenters. The zero-order chi connectivity index (χ0) is 13.1. The van der Waals surface area contributed by atoms with Gasteiger partial charge in [-0.1, -0.05) is 45.8 Å². The Labute approximate surface area is 116 Å². The Balaban J connectivity index is 2.15. The maximum Gasteiger partial charge on any atom is 0.0579 e. The molecule has 18 heavy (non-hydrogen) atoms. The summed E-state index contributed by atoms with van der Waals surface area (Å²) in [7, 11) is 0. The lowest BCUT2D eigenvalue weighted by atomic mass is 10.1. The van der Waals surface area contributed by atoms with Gasteiger partial charge in [0.05, 0.1) is 11.4 Å². The summed E-state index contributed by atoms with van der Waals surface area (Å²) in [4.78, 5) is 0. The first kappa shape index (κ1) is 13.0. The van der Waals surface area contributed by atoms with Crippen molar-refractivity contribution < 1.29 is 0 Å². The molecular weight excluding hydrogens is 288 g/mol. The van der Waals surface area contributed by atoms with E-state index in [9.17, 15) is 0 Å². The van der Waals surface area contributed by atoms with Crippen molar-refractivity contribution in [3.8, 4) is 0 Å². The van der Waals surface area contributed by atoms with Crippen LogP contribution in [-0.4, -0.2) is 0 Å². The Morgan fingerprint density at radius 3 is 2.39 bits per heavy atom. The van der Waals surface area contributed by atoms with Gasteiger partial charge in [0.1, 0.15) is 0 Å². The van der Waals surface area contributed by atoms with Crippen LogP contribution in [0, 0.1) is 6.92 Å². The van der Waals surface area contributed by atoms with Gasteiger partial charge in [-0.3, -0.25) is 0 Å². The van der Waals surface area contributed by atoms with Gasteiger partial charge in [0.15, 0.2) is 0 Å². The van der Waals surface area contributed by atoms with Crippen LogP contribution in [0.25, 0.3) is 0 Å². The van der Waals surface area contributed by atoms with Gasteiger partial charge < -0.3 is 11.1 Å². The lowest BCUT2D eigenvalue weighted by Crippen LogP contribution is -2.08. The Bertz CT molecular complexity index is 535. The van der Waals surface area contributed by atoms with Crippen LogP contribution < -0.4 is 11.1 Å². The molecule has 0 radical (unpaired) electrons. The highest BCUT2D eigenvalue weighted by Crippen LogP contribution is 2.27.